The molecule has 1 fully saturated rings. The first-order valence-corrected chi connectivity index (χ1v) is 7.86. The number of para-hydroxylation sites is 1. The third-order valence-corrected chi connectivity index (χ3v) is 3.74. The molecule has 116 valence electrons. The van der Waals surface area contributed by atoms with Crippen molar-refractivity contribution in [2.75, 3.05) is 25.0 Å². The van der Waals surface area contributed by atoms with Crippen molar-refractivity contribution in [2.45, 2.75) is 25.8 Å². The van der Waals surface area contributed by atoms with Crippen LogP contribution in [0.4, 0.5) is 5.69 Å². The molecule has 2 heterocycles. The van der Waals surface area contributed by atoms with E-state index in [4.69, 9.17) is 4.99 Å². The lowest BCUT2D eigenvalue weighted by atomic mass is 10.1. The third-order valence-electron chi connectivity index (χ3n) is 3.74. The fourth-order valence-electron chi connectivity index (χ4n) is 2.58. The Kier molecular flexibility index (Phi) is 5.02. The minimum Gasteiger partial charge on any atom is -0.343 e. The van der Waals surface area contributed by atoms with Gasteiger partial charge in [0, 0.05) is 18.8 Å². The monoisotopic (exact) mass is 298 g/mol. The van der Waals surface area contributed by atoms with Gasteiger partial charge in [-0.1, -0.05) is 18.2 Å². The number of hydrogen-bond donors (Lipinski definition) is 1. The van der Waals surface area contributed by atoms with Gasteiger partial charge in [0.25, 0.3) is 0 Å². The highest BCUT2D eigenvalue weighted by atomic mass is 15.3. The van der Waals surface area contributed by atoms with E-state index in [1.165, 1.54) is 19.3 Å². The summed E-state index contributed by atoms with van der Waals surface area (Å²) >= 11 is 0. The van der Waals surface area contributed by atoms with Crippen LogP contribution in [0.5, 0.6) is 0 Å². The molecule has 6 heteroatoms. The molecule has 0 aliphatic carbocycles. The largest absolute Gasteiger partial charge is 0.343 e. The summed E-state index contributed by atoms with van der Waals surface area (Å²) in [5.41, 5.74) is 1.08. The minimum absolute atomic E-state index is 0.690. The van der Waals surface area contributed by atoms with Crippen LogP contribution in [0, 0.1) is 0 Å². The van der Waals surface area contributed by atoms with E-state index >= 15 is 0 Å². The molecule has 0 bridgehead atoms. The number of nitrogens with one attached hydrogen (secondary N) is 1. The van der Waals surface area contributed by atoms with Gasteiger partial charge < -0.3 is 10.2 Å². The van der Waals surface area contributed by atoms with Crippen molar-refractivity contribution in [3.05, 3.63) is 43.0 Å². The summed E-state index contributed by atoms with van der Waals surface area (Å²) in [4.78, 5) is 11.1. The van der Waals surface area contributed by atoms with Crippen LogP contribution in [0.3, 0.4) is 0 Å². The van der Waals surface area contributed by atoms with Gasteiger partial charge in [0.2, 0.25) is 0 Å². The number of aromatic nitrogens is 3. The number of rotatable bonds is 4. The van der Waals surface area contributed by atoms with E-state index in [0.29, 0.717) is 6.54 Å². The van der Waals surface area contributed by atoms with Crippen molar-refractivity contribution in [1.29, 1.82) is 0 Å². The van der Waals surface area contributed by atoms with Crippen molar-refractivity contribution in [1.82, 2.24) is 19.7 Å². The van der Waals surface area contributed by atoms with E-state index in [9.17, 15) is 0 Å². The van der Waals surface area contributed by atoms with Gasteiger partial charge in [0.1, 0.15) is 12.7 Å². The Hall–Kier alpha value is -2.37. The topological polar surface area (TPSA) is 58.3 Å². The average Bonchev–Trinajstić information content (AvgIpc) is 3.09. The molecule has 1 aromatic carbocycles. The van der Waals surface area contributed by atoms with E-state index < -0.39 is 0 Å². The summed E-state index contributed by atoms with van der Waals surface area (Å²) in [5.74, 6) is 0.964. The van der Waals surface area contributed by atoms with Crippen LogP contribution in [0.1, 0.15) is 19.3 Å². The molecule has 1 N–H and O–H groups in total. The van der Waals surface area contributed by atoms with Gasteiger partial charge in [-0.3, -0.25) is 9.67 Å². The highest BCUT2D eigenvalue weighted by molar-refractivity contribution is 5.93. The fourth-order valence-corrected chi connectivity index (χ4v) is 2.58. The first kappa shape index (κ1) is 14.6. The van der Waals surface area contributed by atoms with E-state index in [0.717, 1.165) is 31.3 Å². The number of benzene rings is 1. The van der Waals surface area contributed by atoms with Crippen LogP contribution in [0.15, 0.2) is 48.0 Å². The molecule has 0 radical (unpaired) electrons. The predicted octanol–water partition coefficient (Wildman–Crippen LogP) is 2.23. The lowest BCUT2D eigenvalue weighted by Gasteiger charge is -2.30. The average molecular weight is 298 g/mol. The molecule has 0 saturated carbocycles. The van der Waals surface area contributed by atoms with Gasteiger partial charge in [-0.25, -0.2) is 4.98 Å². The second-order valence-electron chi connectivity index (χ2n) is 5.40. The molecule has 3 rings (SSSR count). The molecule has 1 saturated heterocycles. The molecule has 6 nitrogen and oxygen atoms in total. The summed E-state index contributed by atoms with van der Waals surface area (Å²) < 4.78 is 1.81. The first-order valence-electron chi connectivity index (χ1n) is 7.86. The molecule has 0 atom stereocenters. The molecular formula is C16H22N6. The smallest absolute Gasteiger partial charge is 0.198 e. The second kappa shape index (κ2) is 7.59. The van der Waals surface area contributed by atoms with Gasteiger partial charge in [0.05, 0.1) is 13.1 Å². The van der Waals surface area contributed by atoms with Crippen molar-refractivity contribution >= 4 is 11.6 Å². The number of guanidine groups is 1. The maximum Gasteiger partial charge on any atom is 0.198 e. The van der Waals surface area contributed by atoms with Crippen molar-refractivity contribution in [2.24, 2.45) is 4.99 Å². The van der Waals surface area contributed by atoms with Crippen LogP contribution in [0.25, 0.3) is 0 Å². The Bertz CT molecular complexity index is 572. The number of aliphatic imine (C=N–C) groups is 1. The van der Waals surface area contributed by atoms with Crippen molar-refractivity contribution in [3.8, 4) is 0 Å². The lowest BCUT2D eigenvalue weighted by molar-refractivity contribution is 0.340. The molecule has 1 aliphatic rings. The van der Waals surface area contributed by atoms with E-state index in [2.05, 4.69) is 32.4 Å². The molecule has 2 aromatic rings. The molecule has 0 unspecified atom stereocenters. The van der Waals surface area contributed by atoms with Gasteiger partial charge in [0.15, 0.2) is 5.96 Å². The Labute approximate surface area is 130 Å². The van der Waals surface area contributed by atoms with Crippen LogP contribution in [-0.2, 0) is 6.54 Å². The van der Waals surface area contributed by atoms with E-state index in [1.54, 1.807) is 17.3 Å². The van der Waals surface area contributed by atoms with Crippen LogP contribution < -0.4 is 5.32 Å². The maximum atomic E-state index is 4.76. The van der Waals surface area contributed by atoms with Gasteiger partial charge >= 0.3 is 0 Å². The summed E-state index contributed by atoms with van der Waals surface area (Å²) in [6.45, 7) is 3.58. The SMILES string of the molecule is c1ccc(NC(=NCCn2cncn2)N2CCCCC2)cc1. The first-order chi connectivity index (χ1) is 10.9. The van der Waals surface area contributed by atoms with Crippen molar-refractivity contribution in [3.63, 3.8) is 0 Å². The maximum absolute atomic E-state index is 4.76. The van der Waals surface area contributed by atoms with Crippen LogP contribution >= 0.6 is 0 Å². The number of nitrogens with zero attached hydrogens (tertiary/aromatic N) is 5. The van der Waals surface area contributed by atoms with Crippen LogP contribution in [-0.4, -0.2) is 45.3 Å². The molecular weight excluding hydrogens is 276 g/mol. The predicted molar refractivity (Wildman–Crippen MR) is 87.8 cm³/mol. The number of piperidine rings is 1. The normalized spacial score (nSPS) is 15.8. The molecule has 0 spiro atoms. The molecule has 22 heavy (non-hydrogen) atoms. The quantitative estimate of drug-likeness (QED) is 0.694. The summed E-state index contributed by atoms with van der Waals surface area (Å²) in [5, 5.41) is 7.57. The second-order valence-corrected chi connectivity index (χ2v) is 5.40. The van der Waals surface area contributed by atoms with Crippen molar-refractivity contribution < 1.29 is 0 Å². The fraction of sp³-hybridized carbons (Fsp3) is 0.438. The van der Waals surface area contributed by atoms with Crippen LogP contribution in [0.2, 0.25) is 0 Å². The van der Waals surface area contributed by atoms with E-state index in [1.807, 2.05) is 18.2 Å². The standard InChI is InChI=1S/C16H22N6/c1-3-7-15(8-4-1)20-16(21-10-5-2-6-11-21)18-9-12-22-14-17-13-19-22/h1,3-4,7-8,13-14H,2,5-6,9-12H2,(H,18,20). The number of anilines is 1. The summed E-state index contributed by atoms with van der Waals surface area (Å²) in [6.07, 6.45) is 7.06. The Morgan fingerprint density at radius 1 is 1.14 bits per heavy atom. The summed E-state index contributed by atoms with van der Waals surface area (Å²) in [7, 11) is 0. The van der Waals surface area contributed by atoms with Gasteiger partial charge in [-0.05, 0) is 31.4 Å². The molecule has 1 aliphatic heterocycles. The zero-order chi connectivity index (χ0) is 15.0. The highest BCUT2D eigenvalue weighted by Crippen LogP contribution is 2.12. The van der Waals surface area contributed by atoms with E-state index in [-0.39, 0.29) is 0 Å². The summed E-state index contributed by atoms with van der Waals surface area (Å²) in [6, 6.07) is 10.2. The Morgan fingerprint density at radius 3 is 2.68 bits per heavy atom. The Balaban J connectivity index is 1.67. The number of hydrogen-bond acceptors (Lipinski definition) is 3. The number of likely N-dealkylation sites (tertiary alicyclic amines) is 1. The highest BCUT2D eigenvalue weighted by Gasteiger charge is 2.14. The zero-order valence-electron chi connectivity index (χ0n) is 12.7. The zero-order valence-corrected chi connectivity index (χ0v) is 12.7. The Morgan fingerprint density at radius 2 is 1.95 bits per heavy atom. The van der Waals surface area contributed by atoms with Gasteiger partial charge in [-0.15, -0.1) is 0 Å². The minimum atomic E-state index is 0.690. The molecule has 0 amide bonds. The molecule has 1 aromatic heterocycles. The third kappa shape index (κ3) is 4.07. The lowest BCUT2D eigenvalue weighted by Crippen LogP contribution is -2.40. The van der Waals surface area contributed by atoms with Gasteiger partial charge in [-0.2, -0.15) is 5.10 Å².